The Kier molecular flexibility index (Phi) is 7.62. The van der Waals surface area contributed by atoms with Crippen molar-refractivity contribution >= 4 is 11.4 Å². The molecule has 0 aliphatic carbocycles. The molecule has 0 aromatic heterocycles. The maximum absolute atomic E-state index is 11.4. The van der Waals surface area contributed by atoms with Crippen molar-refractivity contribution in [2.45, 2.75) is 58.4 Å². The predicted molar refractivity (Wildman–Crippen MR) is 158 cm³/mol. The van der Waals surface area contributed by atoms with Gasteiger partial charge in [-0.2, -0.15) is 0 Å². The number of hydrogen-bond donors (Lipinski definition) is 1. The molecule has 0 saturated carbocycles. The van der Waals surface area contributed by atoms with Gasteiger partial charge in [-0.05, 0) is 69.5 Å². The van der Waals surface area contributed by atoms with E-state index in [1.54, 1.807) is 0 Å². The van der Waals surface area contributed by atoms with Crippen molar-refractivity contribution in [2.75, 3.05) is 50.1 Å². The lowest BCUT2D eigenvalue weighted by molar-refractivity contribution is 0.212. The van der Waals surface area contributed by atoms with Crippen LogP contribution >= 0.6 is 0 Å². The van der Waals surface area contributed by atoms with Crippen LogP contribution in [0.1, 0.15) is 69.8 Å². The molecular formula is C33H45N3O. The van der Waals surface area contributed by atoms with Gasteiger partial charge in [0.15, 0.2) is 0 Å². The molecule has 4 rings (SSSR count). The number of aromatic hydroxyl groups is 1. The summed E-state index contributed by atoms with van der Waals surface area (Å²) in [4.78, 5) is 7.25. The average molecular weight is 500 g/mol. The first-order valence-electron chi connectivity index (χ1n) is 13.6. The number of anilines is 2. The summed E-state index contributed by atoms with van der Waals surface area (Å²) in [5, 5.41) is 11.4. The first-order valence-corrected chi connectivity index (χ1v) is 13.6. The van der Waals surface area contributed by atoms with Crippen molar-refractivity contribution < 1.29 is 5.11 Å². The third kappa shape index (κ3) is 5.96. The lowest BCUT2D eigenvalue weighted by Gasteiger charge is -2.41. The molecule has 0 radical (unpaired) electrons. The number of phenols is 1. The maximum Gasteiger partial charge on any atom is 0.123 e. The molecule has 198 valence electrons. The number of nitrogens with zero attached hydrogens (tertiary/aromatic N) is 3. The minimum absolute atomic E-state index is 0.122. The molecule has 1 atom stereocenters. The summed E-state index contributed by atoms with van der Waals surface area (Å²) >= 11 is 0. The molecule has 4 nitrogen and oxygen atoms in total. The average Bonchev–Trinajstić information content (AvgIpc) is 2.85. The molecule has 3 aromatic rings. The van der Waals surface area contributed by atoms with E-state index >= 15 is 0 Å². The number of phenolic OH excluding ortho intramolecular Hbond substituents is 1. The van der Waals surface area contributed by atoms with E-state index < -0.39 is 0 Å². The van der Waals surface area contributed by atoms with Crippen LogP contribution in [0.4, 0.5) is 11.4 Å². The zero-order chi connectivity index (χ0) is 27.0. The van der Waals surface area contributed by atoms with Gasteiger partial charge >= 0.3 is 0 Å². The lowest BCUT2D eigenvalue weighted by Crippen LogP contribution is -2.48. The van der Waals surface area contributed by atoms with E-state index in [1.165, 1.54) is 22.5 Å². The smallest absolute Gasteiger partial charge is 0.123 e. The molecule has 1 fully saturated rings. The lowest BCUT2D eigenvalue weighted by atomic mass is 9.77. The van der Waals surface area contributed by atoms with E-state index in [9.17, 15) is 5.11 Å². The standard InChI is InChI=1S/C33H45N3O/c1-32(2,3)28-22-25(23-29(31(28)37)33(4,5)6)30(24-14-16-26(17-15-24)34(7)8)36-20-18-35(19-21-36)27-12-10-9-11-13-27/h9-17,22-23,30,37H,18-21H2,1-8H3/t30-/m0/s1. The molecule has 0 bridgehead atoms. The van der Waals surface area contributed by atoms with Crippen LogP contribution in [0.15, 0.2) is 66.7 Å². The van der Waals surface area contributed by atoms with Gasteiger partial charge in [-0.1, -0.05) is 71.9 Å². The van der Waals surface area contributed by atoms with Crippen molar-refractivity contribution in [1.82, 2.24) is 4.90 Å². The van der Waals surface area contributed by atoms with Crippen LogP contribution in [0.25, 0.3) is 0 Å². The van der Waals surface area contributed by atoms with E-state index in [-0.39, 0.29) is 16.9 Å². The summed E-state index contributed by atoms with van der Waals surface area (Å²) in [6.07, 6.45) is 0. The summed E-state index contributed by atoms with van der Waals surface area (Å²) in [6.45, 7) is 17.1. The maximum atomic E-state index is 11.4. The van der Waals surface area contributed by atoms with Gasteiger partial charge in [-0.15, -0.1) is 0 Å². The second-order valence-corrected chi connectivity index (χ2v) is 12.7. The molecule has 4 heteroatoms. The monoisotopic (exact) mass is 499 g/mol. The van der Waals surface area contributed by atoms with Crippen LogP contribution in [0, 0.1) is 0 Å². The van der Waals surface area contributed by atoms with Gasteiger partial charge in [-0.3, -0.25) is 4.90 Å². The Balaban J connectivity index is 1.79. The highest BCUT2D eigenvalue weighted by atomic mass is 16.3. The first kappa shape index (κ1) is 27.1. The van der Waals surface area contributed by atoms with Gasteiger partial charge in [0, 0.05) is 51.6 Å². The van der Waals surface area contributed by atoms with Crippen molar-refractivity contribution in [3.05, 3.63) is 89.0 Å². The Morgan fingerprint density at radius 3 is 1.68 bits per heavy atom. The SMILES string of the molecule is CN(C)c1ccc([C@@H](c2cc(C(C)(C)C)c(O)c(C(C)(C)C)c2)N2CCN(c3ccccc3)CC2)cc1. The summed E-state index contributed by atoms with van der Waals surface area (Å²) in [5.41, 5.74) is 6.77. The zero-order valence-electron chi connectivity index (χ0n) is 24.0. The molecule has 0 unspecified atom stereocenters. The van der Waals surface area contributed by atoms with E-state index in [4.69, 9.17) is 0 Å². The molecule has 3 aromatic carbocycles. The van der Waals surface area contributed by atoms with Gasteiger partial charge in [0.1, 0.15) is 5.75 Å². The Hall–Kier alpha value is -2.98. The van der Waals surface area contributed by atoms with Gasteiger partial charge in [0.25, 0.3) is 0 Å². The second kappa shape index (κ2) is 10.4. The number of para-hydroxylation sites is 1. The third-order valence-corrected chi connectivity index (χ3v) is 7.59. The van der Waals surface area contributed by atoms with Crippen LogP contribution in [-0.4, -0.2) is 50.3 Å². The highest BCUT2D eigenvalue weighted by Gasteiger charge is 2.32. The zero-order valence-corrected chi connectivity index (χ0v) is 24.0. The van der Waals surface area contributed by atoms with Crippen LogP contribution in [0.3, 0.4) is 0 Å². The molecule has 1 aliphatic heterocycles. The highest BCUT2D eigenvalue weighted by Crippen LogP contribution is 2.43. The fourth-order valence-corrected chi connectivity index (χ4v) is 5.40. The minimum atomic E-state index is -0.161. The molecule has 0 amide bonds. The second-order valence-electron chi connectivity index (χ2n) is 12.7. The highest BCUT2D eigenvalue weighted by molar-refractivity contribution is 5.53. The molecule has 1 heterocycles. The molecular weight excluding hydrogens is 454 g/mol. The van der Waals surface area contributed by atoms with Crippen LogP contribution in [-0.2, 0) is 10.8 Å². The van der Waals surface area contributed by atoms with Crippen molar-refractivity contribution in [1.29, 1.82) is 0 Å². The Labute approximate surface area is 224 Å². The van der Waals surface area contributed by atoms with Gasteiger partial charge < -0.3 is 14.9 Å². The molecule has 37 heavy (non-hydrogen) atoms. The Morgan fingerprint density at radius 1 is 0.703 bits per heavy atom. The normalized spacial score (nSPS) is 16.1. The van der Waals surface area contributed by atoms with E-state index in [0.717, 1.165) is 37.3 Å². The number of hydrogen-bond acceptors (Lipinski definition) is 4. The Bertz CT molecular complexity index is 1140. The topological polar surface area (TPSA) is 30.0 Å². The fraction of sp³-hybridized carbons (Fsp3) is 0.455. The van der Waals surface area contributed by atoms with Gasteiger partial charge in [0.05, 0.1) is 6.04 Å². The third-order valence-electron chi connectivity index (χ3n) is 7.59. The summed E-state index contributed by atoms with van der Waals surface area (Å²) in [7, 11) is 4.17. The quantitative estimate of drug-likeness (QED) is 0.411. The van der Waals surface area contributed by atoms with Crippen LogP contribution in [0.5, 0.6) is 5.75 Å². The molecule has 1 saturated heterocycles. The predicted octanol–water partition coefficient (Wildman–Crippen LogP) is 6.96. The fourth-order valence-electron chi connectivity index (χ4n) is 5.40. The van der Waals surface area contributed by atoms with Crippen LogP contribution < -0.4 is 9.80 Å². The van der Waals surface area contributed by atoms with Gasteiger partial charge in [-0.25, -0.2) is 0 Å². The van der Waals surface area contributed by atoms with E-state index in [0.29, 0.717) is 5.75 Å². The van der Waals surface area contributed by atoms with E-state index in [2.05, 4.69) is 137 Å². The molecule has 1 N–H and O–H groups in total. The number of rotatable bonds is 5. The van der Waals surface area contributed by atoms with Crippen LogP contribution in [0.2, 0.25) is 0 Å². The summed E-state index contributed by atoms with van der Waals surface area (Å²) in [6, 6.07) is 24.4. The van der Waals surface area contributed by atoms with Crippen molar-refractivity contribution in [3.63, 3.8) is 0 Å². The van der Waals surface area contributed by atoms with Gasteiger partial charge in [0.2, 0.25) is 0 Å². The largest absolute Gasteiger partial charge is 0.507 e. The summed E-state index contributed by atoms with van der Waals surface area (Å²) < 4.78 is 0. The summed E-state index contributed by atoms with van der Waals surface area (Å²) in [5.74, 6) is 0.444. The van der Waals surface area contributed by atoms with Crippen molar-refractivity contribution in [2.24, 2.45) is 0 Å². The minimum Gasteiger partial charge on any atom is -0.507 e. The van der Waals surface area contributed by atoms with E-state index in [1.807, 2.05) is 0 Å². The molecule has 1 aliphatic rings. The Morgan fingerprint density at radius 2 is 1.22 bits per heavy atom. The number of benzene rings is 3. The van der Waals surface area contributed by atoms with Crippen molar-refractivity contribution in [3.8, 4) is 5.75 Å². The first-order chi connectivity index (χ1) is 17.4. The molecule has 0 spiro atoms. The number of piperazine rings is 1.